The minimum absolute atomic E-state index is 0.0187. The van der Waals surface area contributed by atoms with E-state index < -0.39 is 0 Å². The second-order valence-electron chi connectivity index (χ2n) is 3.57. The Hall–Kier alpha value is -1.76. The van der Waals surface area contributed by atoms with E-state index in [1.807, 2.05) is 12.3 Å². The van der Waals surface area contributed by atoms with Crippen LogP contribution in [0.2, 0.25) is 0 Å². The summed E-state index contributed by atoms with van der Waals surface area (Å²) in [7, 11) is 0. The van der Waals surface area contributed by atoms with Gasteiger partial charge < -0.3 is 5.32 Å². The van der Waals surface area contributed by atoms with Gasteiger partial charge in [-0.25, -0.2) is 9.97 Å². The van der Waals surface area contributed by atoms with Gasteiger partial charge in [0.15, 0.2) is 0 Å². The second kappa shape index (κ2) is 5.53. The quantitative estimate of drug-likeness (QED) is 0.809. The first-order chi connectivity index (χ1) is 8.24. The maximum Gasteiger partial charge on any atom is 0.226 e. The number of nitrogens with one attached hydrogen (secondary N) is 2. The molecule has 0 radical (unpaired) electrons. The number of carbonyl (C=O) groups excluding carboxylic acids is 1. The van der Waals surface area contributed by atoms with Crippen molar-refractivity contribution in [3.05, 3.63) is 28.2 Å². The van der Waals surface area contributed by atoms with E-state index in [4.69, 9.17) is 0 Å². The SMILES string of the molecule is Cc1nc(CC(=O)NCCc2ncn[nH]2)cs1. The zero-order chi connectivity index (χ0) is 12.1. The van der Waals surface area contributed by atoms with Crippen molar-refractivity contribution in [1.82, 2.24) is 25.5 Å². The zero-order valence-corrected chi connectivity index (χ0v) is 10.3. The molecule has 17 heavy (non-hydrogen) atoms. The summed E-state index contributed by atoms with van der Waals surface area (Å²) in [5.74, 6) is 0.754. The average molecular weight is 251 g/mol. The first-order valence-corrected chi connectivity index (χ1v) is 6.14. The number of amides is 1. The van der Waals surface area contributed by atoms with Gasteiger partial charge in [-0.2, -0.15) is 5.10 Å². The van der Waals surface area contributed by atoms with Gasteiger partial charge in [-0.15, -0.1) is 11.3 Å². The van der Waals surface area contributed by atoms with Gasteiger partial charge in [0.05, 0.1) is 17.1 Å². The Morgan fingerprint density at radius 1 is 1.59 bits per heavy atom. The summed E-state index contributed by atoms with van der Waals surface area (Å²) in [6, 6.07) is 0. The van der Waals surface area contributed by atoms with Gasteiger partial charge in [0.1, 0.15) is 12.2 Å². The monoisotopic (exact) mass is 251 g/mol. The van der Waals surface area contributed by atoms with E-state index in [9.17, 15) is 4.79 Å². The van der Waals surface area contributed by atoms with Gasteiger partial charge in [0.2, 0.25) is 5.91 Å². The molecule has 0 bridgehead atoms. The van der Waals surface area contributed by atoms with Crippen molar-refractivity contribution in [2.75, 3.05) is 6.54 Å². The summed E-state index contributed by atoms with van der Waals surface area (Å²) in [5.41, 5.74) is 0.824. The number of thiazole rings is 1. The Balaban J connectivity index is 1.71. The molecule has 2 heterocycles. The van der Waals surface area contributed by atoms with Gasteiger partial charge in [-0.05, 0) is 6.92 Å². The fraction of sp³-hybridized carbons (Fsp3) is 0.400. The van der Waals surface area contributed by atoms with Crippen molar-refractivity contribution in [1.29, 1.82) is 0 Å². The van der Waals surface area contributed by atoms with E-state index in [1.165, 1.54) is 6.33 Å². The van der Waals surface area contributed by atoms with Crippen LogP contribution in [0.3, 0.4) is 0 Å². The molecule has 2 aromatic rings. The van der Waals surface area contributed by atoms with E-state index in [0.717, 1.165) is 16.5 Å². The van der Waals surface area contributed by atoms with Gasteiger partial charge >= 0.3 is 0 Å². The number of nitrogens with zero attached hydrogens (tertiary/aromatic N) is 3. The Morgan fingerprint density at radius 2 is 2.47 bits per heavy atom. The highest BCUT2D eigenvalue weighted by Crippen LogP contribution is 2.08. The third-order valence-corrected chi connectivity index (χ3v) is 2.98. The molecule has 0 aromatic carbocycles. The van der Waals surface area contributed by atoms with E-state index in [2.05, 4.69) is 25.5 Å². The van der Waals surface area contributed by atoms with E-state index in [0.29, 0.717) is 19.4 Å². The highest BCUT2D eigenvalue weighted by molar-refractivity contribution is 7.09. The van der Waals surface area contributed by atoms with Gasteiger partial charge in [0, 0.05) is 18.3 Å². The highest BCUT2D eigenvalue weighted by Gasteiger charge is 2.06. The van der Waals surface area contributed by atoms with Crippen LogP contribution in [0.15, 0.2) is 11.7 Å². The van der Waals surface area contributed by atoms with E-state index >= 15 is 0 Å². The summed E-state index contributed by atoms with van der Waals surface area (Å²) in [5, 5.41) is 12.2. The number of rotatable bonds is 5. The van der Waals surface area contributed by atoms with Crippen LogP contribution >= 0.6 is 11.3 Å². The molecule has 0 aliphatic heterocycles. The molecule has 90 valence electrons. The molecule has 7 heteroatoms. The molecule has 0 spiro atoms. The lowest BCUT2D eigenvalue weighted by Gasteiger charge is -2.01. The van der Waals surface area contributed by atoms with Gasteiger partial charge in [-0.1, -0.05) is 0 Å². The molecule has 0 saturated carbocycles. The molecule has 0 aliphatic rings. The number of H-pyrrole nitrogens is 1. The number of aromatic amines is 1. The average Bonchev–Trinajstić information content (AvgIpc) is 2.90. The Kier molecular flexibility index (Phi) is 3.81. The van der Waals surface area contributed by atoms with Crippen molar-refractivity contribution in [2.24, 2.45) is 0 Å². The van der Waals surface area contributed by atoms with E-state index in [-0.39, 0.29) is 5.91 Å². The van der Waals surface area contributed by atoms with Crippen molar-refractivity contribution in [3.8, 4) is 0 Å². The standard InChI is InChI=1S/C10H13N5OS/c1-7-14-8(5-17-7)4-10(16)11-3-2-9-12-6-13-15-9/h5-6H,2-4H2,1H3,(H,11,16)(H,12,13,15). The van der Waals surface area contributed by atoms with Crippen LogP contribution in [0.25, 0.3) is 0 Å². The van der Waals surface area contributed by atoms with Crippen LogP contribution in [0.1, 0.15) is 16.5 Å². The van der Waals surface area contributed by atoms with Crippen LogP contribution in [0.5, 0.6) is 0 Å². The van der Waals surface area contributed by atoms with Crippen molar-refractivity contribution < 1.29 is 4.79 Å². The summed E-state index contributed by atoms with van der Waals surface area (Å²) < 4.78 is 0. The molecule has 2 aromatic heterocycles. The smallest absolute Gasteiger partial charge is 0.226 e. The van der Waals surface area contributed by atoms with Gasteiger partial charge in [0.25, 0.3) is 0 Å². The third-order valence-electron chi connectivity index (χ3n) is 2.16. The fourth-order valence-electron chi connectivity index (χ4n) is 1.39. The lowest BCUT2D eigenvalue weighted by Crippen LogP contribution is -2.27. The molecule has 0 atom stereocenters. The van der Waals surface area contributed by atoms with Crippen LogP contribution in [0.4, 0.5) is 0 Å². The Morgan fingerprint density at radius 3 is 3.12 bits per heavy atom. The van der Waals surface area contributed by atoms with Crippen LogP contribution in [-0.2, 0) is 17.6 Å². The topological polar surface area (TPSA) is 83.6 Å². The minimum Gasteiger partial charge on any atom is -0.355 e. The third kappa shape index (κ3) is 3.63. The lowest BCUT2D eigenvalue weighted by molar-refractivity contribution is -0.120. The molecule has 1 amide bonds. The lowest BCUT2D eigenvalue weighted by atomic mass is 10.3. The molecule has 6 nitrogen and oxygen atoms in total. The largest absolute Gasteiger partial charge is 0.355 e. The second-order valence-corrected chi connectivity index (χ2v) is 4.63. The van der Waals surface area contributed by atoms with Crippen molar-refractivity contribution >= 4 is 17.2 Å². The number of carbonyl (C=O) groups is 1. The summed E-state index contributed by atoms with van der Waals surface area (Å²) in [6.07, 6.45) is 2.44. The normalized spacial score (nSPS) is 10.4. The molecule has 0 fully saturated rings. The summed E-state index contributed by atoms with van der Waals surface area (Å²) >= 11 is 1.55. The molecular weight excluding hydrogens is 238 g/mol. The first-order valence-electron chi connectivity index (χ1n) is 5.26. The first kappa shape index (κ1) is 11.7. The number of aryl methyl sites for hydroxylation is 1. The molecule has 0 aliphatic carbocycles. The van der Waals surface area contributed by atoms with Crippen LogP contribution < -0.4 is 5.32 Å². The highest BCUT2D eigenvalue weighted by atomic mass is 32.1. The maximum absolute atomic E-state index is 11.6. The molecule has 0 saturated heterocycles. The Labute approximate surface area is 103 Å². The maximum atomic E-state index is 11.6. The number of hydrogen-bond donors (Lipinski definition) is 2. The molecular formula is C10H13N5OS. The molecule has 2 N–H and O–H groups in total. The predicted octanol–water partition coefficient (Wildman–Crippen LogP) is 0.471. The van der Waals surface area contributed by atoms with Crippen molar-refractivity contribution in [2.45, 2.75) is 19.8 Å². The number of aromatic nitrogens is 4. The summed E-state index contributed by atoms with van der Waals surface area (Å²) in [6.45, 7) is 2.48. The Bertz CT molecular complexity index is 479. The van der Waals surface area contributed by atoms with E-state index in [1.54, 1.807) is 11.3 Å². The molecule has 2 rings (SSSR count). The fourth-order valence-corrected chi connectivity index (χ4v) is 2.00. The van der Waals surface area contributed by atoms with Gasteiger partial charge in [-0.3, -0.25) is 9.89 Å². The van der Waals surface area contributed by atoms with Crippen LogP contribution in [-0.4, -0.2) is 32.6 Å². The van der Waals surface area contributed by atoms with Crippen LogP contribution in [0, 0.1) is 6.92 Å². The minimum atomic E-state index is -0.0187. The zero-order valence-electron chi connectivity index (χ0n) is 9.43. The predicted molar refractivity (Wildman–Crippen MR) is 63.7 cm³/mol. The molecule has 0 unspecified atom stereocenters. The number of hydrogen-bond acceptors (Lipinski definition) is 5. The van der Waals surface area contributed by atoms with Crippen molar-refractivity contribution in [3.63, 3.8) is 0 Å². The summed E-state index contributed by atoms with van der Waals surface area (Å²) in [4.78, 5) is 19.8.